The van der Waals surface area contributed by atoms with E-state index in [1.807, 2.05) is 6.07 Å². The Morgan fingerprint density at radius 3 is 2.38 bits per heavy atom. The number of fused-ring (bicyclic) bond motifs is 1. The van der Waals surface area contributed by atoms with Crippen molar-refractivity contribution in [2.45, 2.75) is 30.3 Å². The van der Waals surface area contributed by atoms with Gasteiger partial charge in [0.15, 0.2) is 0 Å². The number of hydrogen-bond acceptors (Lipinski definition) is 0. The van der Waals surface area contributed by atoms with E-state index in [2.05, 4.69) is 28.1 Å². The molecule has 0 nitrogen and oxygen atoms in total. The van der Waals surface area contributed by atoms with E-state index >= 15 is 0 Å². The van der Waals surface area contributed by atoms with E-state index in [1.165, 1.54) is 23.3 Å². The molecule has 0 amide bonds. The van der Waals surface area contributed by atoms with Crippen LogP contribution in [0.25, 0.3) is 0 Å². The number of rotatable bonds is 2. The van der Waals surface area contributed by atoms with Crippen molar-refractivity contribution in [3.05, 3.63) is 70.3 Å². The average Bonchev–Trinajstić information content (AvgIpc) is 2.93. The molecule has 0 saturated heterocycles. The molecule has 0 aliphatic heterocycles. The lowest BCUT2D eigenvalue weighted by Gasteiger charge is -2.15. The van der Waals surface area contributed by atoms with Gasteiger partial charge in [-0.25, -0.2) is 0 Å². The number of alkyl halides is 4. The zero-order chi connectivity index (χ0) is 15.0. The van der Waals surface area contributed by atoms with Crippen LogP contribution in [0.1, 0.15) is 39.1 Å². The molecule has 21 heavy (non-hydrogen) atoms. The highest BCUT2D eigenvalue weighted by Crippen LogP contribution is 2.36. The van der Waals surface area contributed by atoms with Crippen LogP contribution >= 0.6 is 15.9 Å². The van der Waals surface area contributed by atoms with Crippen LogP contribution in [0.2, 0.25) is 0 Å². The van der Waals surface area contributed by atoms with Crippen LogP contribution in [-0.4, -0.2) is 0 Å². The van der Waals surface area contributed by atoms with Crippen LogP contribution in [0.3, 0.4) is 0 Å². The molecule has 0 spiro atoms. The molecule has 1 aliphatic carbocycles. The number of hydrogen-bond donors (Lipinski definition) is 0. The molecule has 2 aromatic rings. The molecule has 1 aliphatic rings. The Morgan fingerprint density at radius 2 is 1.62 bits per heavy atom. The quantitative estimate of drug-likeness (QED) is 0.608. The summed E-state index contributed by atoms with van der Waals surface area (Å²) in [4.78, 5) is -0.217. The Morgan fingerprint density at radius 1 is 0.905 bits per heavy atom. The summed E-state index contributed by atoms with van der Waals surface area (Å²) in [5, 5.41) is 0. The summed E-state index contributed by atoms with van der Waals surface area (Å²) in [6, 6.07) is 11.7. The number of halogens is 4. The van der Waals surface area contributed by atoms with Crippen molar-refractivity contribution in [3.63, 3.8) is 0 Å². The predicted molar refractivity (Wildman–Crippen MR) is 80.7 cm³/mol. The van der Waals surface area contributed by atoms with Gasteiger partial charge in [-0.2, -0.15) is 13.2 Å². The van der Waals surface area contributed by atoms with Gasteiger partial charge in [0.05, 0.1) is 10.4 Å². The van der Waals surface area contributed by atoms with Crippen molar-refractivity contribution in [1.29, 1.82) is 0 Å². The maximum atomic E-state index is 12.8. The summed E-state index contributed by atoms with van der Waals surface area (Å²) in [6.07, 6.45) is -0.979. The first kappa shape index (κ1) is 14.6. The first-order chi connectivity index (χ1) is 9.95. The minimum atomic E-state index is -4.30. The molecule has 4 heteroatoms. The summed E-state index contributed by atoms with van der Waals surface area (Å²) in [5.41, 5.74) is 3.72. The van der Waals surface area contributed by atoms with Gasteiger partial charge in [0.1, 0.15) is 0 Å². The number of aryl methyl sites for hydroxylation is 2. The highest BCUT2D eigenvalue weighted by molar-refractivity contribution is 9.09. The topological polar surface area (TPSA) is 0 Å². The Hall–Kier alpha value is -1.29. The minimum Gasteiger partial charge on any atom is -0.166 e. The maximum Gasteiger partial charge on any atom is 0.416 e. The molecule has 0 aromatic heterocycles. The van der Waals surface area contributed by atoms with Gasteiger partial charge in [0, 0.05) is 0 Å². The average molecular weight is 355 g/mol. The molecule has 0 fully saturated rings. The summed E-state index contributed by atoms with van der Waals surface area (Å²) < 4.78 is 38.4. The van der Waals surface area contributed by atoms with Crippen molar-refractivity contribution in [2.24, 2.45) is 0 Å². The van der Waals surface area contributed by atoms with E-state index in [0.717, 1.165) is 30.9 Å². The van der Waals surface area contributed by atoms with Crippen LogP contribution in [0, 0.1) is 0 Å². The van der Waals surface area contributed by atoms with Gasteiger partial charge >= 0.3 is 6.18 Å². The predicted octanol–water partition coefficient (Wildman–Crippen LogP) is 5.68. The standard InChI is InChI=1S/C17H14BrF3/c18-16(13-5-2-6-15(10-13)17(19,20)21)14-8-7-11-3-1-4-12(11)9-14/h2,5-10,16H,1,3-4H2. The highest BCUT2D eigenvalue weighted by atomic mass is 79.9. The smallest absolute Gasteiger partial charge is 0.166 e. The van der Waals surface area contributed by atoms with E-state index in [4.69, 9.17) is 0 Å². The second-order valence-electron chi connectivity index (χ2n) is 5.37. The van der Waals surface area contributed by atoms with Crippen molar-refractivity contribution >= 4 is 15.9 Å². The summed E-state index contributed by atoms with van der Waals surface area (Å²) in [6.45, 7) is 0. The van der Waals surface area contributed by atoms with Gasteiger partial charge in [-0.05, 0) is 47.6 Å². The molecule has 110 valence electrons. The fourth-order valence-corrected chi connectivity index (χ4v) is 3.38. The van der Waals surface area contributed by atoms with Gasteiger partial charge in [0.25, 0.3) is 0 Å². The third-order valence-corrected chi connectivity index (χ3v) is 4.98. The second kappa shape index (κ2) is 5.48. The van der Waals surface area contributed by atoms with E-state index in [1.54, 1.807) is 6.07 Å². The summed E-state index contributed by atoms with van der Waals surface area (Å²) in [7, 11) is 0. The Balaban J connectivity index is 1.93. The summed E-state index contributed by atoms with van der Waals surface area (Å²) in [5.74, 6) is 0. The van der Waals surface area contributed by atoms with E-state index in [9.17, 15) is 13.2 Å². The molecule has 2 aromatic carbocycles. The molecule has 0 bridgehead atoms. The molecule has 0 N–H and O–H groups in total. The van der Waals surface area contributed by atoms with Crippen LogP contribution in [-0.2, 0) is 19.0 Å². The van der Waals surface area contributed by atoms with Crippen molar-refractivity contribution in [2.75, 3.05) is 0 Å². The van der Waals surface area contributed by atoms with Gasteiger partial charge in [0.2, 0.25) is 0 Å². The molecular formula is C17H14BrF3. The molecule has 1 atom stereocenters. The van der Waals surface area contributed by atoms with Crippen LogP contribution in [0.15, 0.2) is 42.5 Å². The fourth-order valence-electron chi connectivity index (χ4n) is 2.81. The molecular weight excluding hydrogens is 341 g/mol. The molecule has 0 heterocycles. The Kier molecular flexibility index (Phi) is 3.82. The highest BCUT2D eigenvalue weighted by Gasteiger charge is 2.31. The van der Waals surface area contributed by atoms with Crippen molar-refractivity contribution in [1.82, 2.24) is 0 Å². The maximum absolute atomic E-state index is 12.8. The lowest BCUT2D eigenvalue weighted by Crippen LogP contribution is -2.06. The SMILES string of the molecule is FC(F)(F)c1cccc(C(Br)c2ccc3c(c2)CCC3)c1. The number of benzene rings is 2. The normalized spacial score (nSPS) is 15.8. The van der Waals surface area contributed by atoms with Crippen LogP contribution in [0.4, 0.5) is 13.2 Å². The zero-order valence-electron chi connectivity index (χ0n) is 11.3. The minimum absolute atomic E-state index is 0.217. The van der Waals surface area contributed by atoms with Crippen LogP contribution in [0.5, 0.6) is 0 Å². The van der Waals surface area contributed by atoms with Gasteiger partial charge in [-0.3, -0.25) is 0 Å². The fraction of sp³-hybridized carbons (Fsp3) is 0.294. The van der Waals surface area contributed by atoms with E-state index in [0.29, 0.717) is 5.56 Å². The van der Waals surface area contributed by atoms with Gasteiger partial charge in [-0.1, -0.05) is 52.3 Å². The third-order valence-electron chi connectivity index (χ3n) is 3.92. The first-order valence-electron chi connectivity index (χ1n) is 6.88. The van der Waals surface area contributed by atoms with Crippen molar-refractivity contribution < 1.29 is 13.2 Å². The molecule has 3 rings (SSSR count). The van der Waals surface area contributed by atoms with Gasteiger partial charge in [-0.15, -0.1) is 0 Å². The Labute approximate surface area is 130 Å². The second-order valence-corrected chi connectivity index (χ2v) is 6.28. The lowest BCUT2D eigenvalue weighted by atomic mass is 9.99. The molecule has 1 unspecified atom stereocenters. The van der Waals surface area contributed by atoms with E-state index < -0.39 is 11.7 Å². The van der Waals surface area contributed by atoms with Crippen molar-refractivity contribution in [3.8, 4) is 0 Å². The first-order valence-corrected chi connectivity index (χ1v) is 7.79. The third kappa shape index (κ3) is 3.00. The van der Waals surface area contributed by atoms with E-state index in [-0.39, 0.29) is 4.83 Å². The Bertz CT molecular complexity index is 661. The molecule has 0 saturated carbocycles. The van der Waals surface area contributed by atoms with Crippen LogP contribution < -0.4 is 0 Å². The largest absolute Gasteiger partial charge is 0.416 e. The lowest BCUT2D eigenvalue weighted by molar-refractivity contribution is -0.137. The summed E-state index contributed by atoms with van der Waals surface area (Å²) >= 11 is 3.54. The van der Waals surface area contributed by atoms with Gasteiger partial charge < -0.3 is 0 Å². The zero-order valence-corrected chi connectivity index (χ0v) is 12.8. The molecule has 0 radical (unpaired) electrons. The monoisotopic (exact) mass is 354 g/mol.